The second-order valence-electron chi connectivity index (χ2n) is 4.73. The summed E-state index contributed by atoms with van der Waals surface area (Å²) in [6, 6.07) is 4.41. The fourth-order valence-electron chi connectivity index (χ4n) is 2.01. The molecule has 0 unspecified atom stereocenters. The maximum absolute atomic E-state index is 12.0. The van der Waals surface area contributed by atoms with Crippen molar-refractivity contribution in [3.05, 3.63) is 28.9 Å². The first-order valence-corrected chi connectivity index (χ1v) is 8.38. The minimum atomic E-state index is -4.32. The van der Waals surface area contributed by atoms with Crippen LogP contribution in [0.25, 0.3) is 10.9 Å². The molecule has 0 fully saturated rings. The Hall–Kier alpha value is -2.06. The number of ether oxygens (including phenoxy) is 1. The quantitative estimate of drug-likeness (QED) is 0.311. The van der Waals surface area contributed by atoms with Gasteiger partial charge < -0.3 is 24.8 Å². The fraction of sp³-hybridized carbons (Fsp3) is 0.167. The van der Waals surface area contributed by atoms with Crippen LogP contribution in [0.15, 0.2) is 18.2 Å². The van der Waals surface area contributed by atoms with Gasteiger partial charge in [0.1, 0.15) is 11.4 Å². The van der Waals surface area contributed by atoms with Gasteiger partial charge in [-0.3, -0.25) is 20.1 Å². The lowest BCUT2D eigenvalue weighted by atomic mass is 10.2. The largest absolute Gasteiger partial charge is 0.481 e. The zero-order chi connectivity index (χ0) is 17.4. The van der Waals surface area contributed by atoms with Gasteiger partial charge in [0.2, 0.25) is 0 Å². The van der Waals surface area contributed by atoms with Crippen molar-refractivity contribution in [3.63, 3.8) is 0 Å². The molecule has 0 aliphatic rings. The minimum Gasteiger partial charge on any atom is -0.481 e. The third-order valence-corrected chi connectivity index (χ3v) is 3.74. The summed E-state index contributed by atoms with van der Waals surface area (Å²) in [5.41, 5.74) is 5.86. The number of benzene rings is 1. The van der Waals surface area contributed by atoms with Crippen molar-refractivity contribution in [1.82, 2.24) is 9.88 Å². The molecule has 124 valence electrons. The molecule has 0 atom stereocenters. The number of carbonyl (C=O) groups excluding carboxylic acids is 1. The summed E-state index contributed by atoms with van der Waals surface area (Å²) >= 11 is 6.12. The van der Waals surface area contributed by atoms with E-state index >= 15 is 0 Å². The van der Waals surface area contributed by atoms with Crippen LogP contribution in [0, 0.1) is 5.41 Å². The fourth-order valence-corrected chi connectivity index (χ4v) is 2.59. The summed E-state index contributed by atoms with van der Waals surface area (Å²) in [4.78, 5) is 29.6. The van der Waals surface area contributed by atoms with E-state index in [0.29, 0.717) is 10.9 Å². The number of halogens is 1. The van der Waals surface area contributed by atoms with Crippen LogP contribution in [0.2, 0.25) is 5.02 Å². The molecular weight excluding hydrogens is 347 g/mol. The molecule has 1 heterocycles. The SMILES string of the molecule is Cn1c(C(=O)NC(=N)N)cc2c(Cl)cc(OCP(=O)(O)O)cc21. The third-order valence-electron chi connectivity index (χ3n) is 2.97. The van der Waals surface area contributed by atoms with Gasteiger partial charge in [-0.05, 0) is 12.1 Å². The van der Waals surface area contributed by atoms with Crippen LogP contribution in [-0.4, -0.2) is 32.6 Å². The number of guanidine groups is 1. The number of carbonyl (C=O) groups is 1. The number of nitrogens with two attached hydrogens (primary N) is 1. The van der Waals surface area contributed by atoms with Crippen LogP contribution in [0.3, 0.4) is 0 Å². The van der Waals surface area contributed by atoms with Gasteiger partial charge in [0.05, 0.1) is 10.5 Å². The van der Waals surface area contributed by atoms with Crippen LogP contribution >= 0.6 is 19.2 Å². The zero-order valence-electron chi connectivity index (χ0n) is 11.9. The molecule has 0 radical (unpaired) electrons. The van der Waals surface area contributed by atoms with Crippen molar-refractivity contribution in [1.29, 1.82) is 5.41 Å². The topological polar surface area (TPSA) is 151 Å². The summed E-state index contributed by atoms with van der Waals surface area (Å²) < 4.78 is 17.4. The molecule has 2 aromatic rings. The van der Waals surface area contributed by atoms with Crippen molar-refractivity contribution in [2.24, 2.45) is 12.8 Å². The van der Waals surface area contributed by atoms with Crippen molar-refractivity contribution >= 4 is 42.0 Å². The highest BCUT2D eigenvalue weighted by atomic mass is 35.5. The Morgan fingerprint density at radius 3 is 2.70 bits per heavy atom. The standard InChI is InChI=1S/C12H14ClN4O5P/c1-17-9-3-6(22-5-23(19,20)21)2-8(13)7(9)4-10(17)11(18)16-12(14)15/h2-4H,5H2,1H3,(H2,19,20,21)(H4,14,15,16,18). The molecule has 0 spiro atoms. The van der Waals surface area contributed by atoms with E-state index in [1.165, 1.54) is 22.8 Å². The molecule has 0 aliphatic carbocycles. The molecule has 23 heavy (non-hydrogen) atoms. The van der Waals surface area contributed by atoms with E-state index in [1.54, 1.807) is 7.05 Å². The summed E-state index contributed by atoms with van der Waals surface area (Å²) in [7, 11) is -2.72. The molecule has 1 aromatic carbocycles. The molecular formula is C12H14ClN4O5P. The van der Waals surface area contributed by atoms with Gasteiger partial charge in [-0.2, -0.15) is 0 Å². The van der Waals surface area contributed by atoms with Crippen LogP contribution in [0.4, 0.5) is 0 Å². The maximum atomic E-state index is 12.0. The number of aryl methyl sites for hydroxylation is 1. The van der Waals surface area contributed by atoms with Gasteiger partial charge in [0.15, 0.2) is 12.3 Å². The molecule has 9 nitrogen and oxygen atoms in total. The van der Waals surface area contributed by atoms with Crippen molar-refractivity contribution < 1.29 is 23.9 Å². The highest BCUT2D eigenvalue weighted by Crippen LogP contribution is 2.36. The monoisotopic (exact) mass is 360 g/mol. The first kappa shape index (κ1) is 17.3. The van der Waals surface area contributed by atoms with Gasteiger partial charge in [-0.1, -0.05) is 11.6 Å². The average Bonchev–Trinajstić information content (AvgIpc) is 2.73. The van der Waals surface area contributed by atoms with Gasteiger partial charge in [0, 0.05) is 18.5 Å². The lowest BCUT2D eigenvalue weighted by Gasteiger charge is -2.09. The highest BCUT2D eigenvalue weighted by Gasteiger charge is 2.18. The van der Waals surface area contributed by atoms with Crippen LogP contribution < -0.4 is 15.8 Å². The molecule has 0 saturated heterocycles. The number of hydrogen-bond acceptors (Lipinski definition) is 4. The van der Waals surface area contributed by atoms with Crippen LogP contribution in [0.5, 0.6) is 5.75 Å². The molecule has 0 aliphatic heterocycles. The minimum absolute atomic E-state index is 0.158. The second-order valence-corrected chi connectivity index (χ2v) is 6.73. The number of nitrogens with zero attached hydrogens (tertiary/aromatic N) is 1. The Kier molecular flexibility index (Phi) is 4.67. The van der Waals surface area contributed by atoms with Gasteiger partial charge in [-0.15, -0.1) is 0 Å². The van der Waals surface area contributed by atoms with E-state index in [-0.39, 0.29) is 16.5 Å². The van der Waals surface area contributed by atoms with Crippen molar-refractivity contribution in [2.75, 3.05) is 6.35 Å². The Balaban J connectivity index is 2.43. The third kappa shape index (κ3) is 4.02. The number of rotatable bonds is 4. The lowest BCUT2D eigenvalue weighted by Crippen LogP contribution is -2.36. The smallest absolute Gasteiger partial charge is 0.362 e. The predicted molar refractivity (Wildman–Crippen MR) is 84.8 cm³/mol. The Labute approximate surface area is 135 Å². The van der Waals surface area contributed by atoms with E-state index in [4.69, 9.17) is 37.3 Å². The van der Waals surface area contributed by atoms with E-state index in [2.05, 4.69) is 5.32 Å². The Morgan fingerprint density at radius 2 is 2.13 bits per heavy atom. The van der Waals surface area contributed by atoms with Gasteiger partial charge in [0.25, 0.3) is 5.91 Å². The normalized spacial score (nSPS) is 11.5. The van der Waals surface area contributed by atoms with E-state index in [0.717, 1.165) is 0 Å². The summed E-state index contributed by atoms with van der Waals surface area (Å²) in [6.07, 6.45) is -0.781. The van der Waals surface area contributed by atoms with E-state index in [1.807, 2.05) is 0 Å². The molecule has 1 amide bonds. The number of nitrogens with one attached hydrogen (secondary N) is 2. The van der Waals surface area contributed by atoms with Crippen molar-refractivity contribution in [2.45, 2.75) is 0 Å². The number of amides is 1. The maximum Gasteiger partial charge on any atom is 0.362 e. The van der Waals surface area contributed by atoms with Crippen LogP contribution in [-0.2, 0) is 11.6 Å². The number of aromatic nitrogens is 1. The summed E-state index contributed by atoms with van der Waals surface area (Å²) in [5, 5.41) is 10.0. The molecule has 0 bridgehead atoms. The predicted octanol–water partition coefficient (Wildman–Crippen LogP) is 0.969. The molecule has 11 heteroatoms. The Bertz CT molecular complexity index is 844. The zero-order valence-corrected chi connectivity index (χ0v) is 13.6. The highest BCUT2D eigenvalue weighted by molar-refractivity contribution is 7.51. The van der Waals surface area contributed by atoms with E-state index < -0.39 is 25.8 Å². The van der Waals surface area contributed by atoms with Gasteiger partial charge in [-0.25, -0.2) is 0 Å². The summed E-state index contributed by atoms with van der Waals surface area (Å²) in [5.74, 6) is -0.910. The number of fused-ring (bicyclic) bond motifs is 1. The van der Waals surface area contributed by atoms with Crippen LogP contribution in [0.1, 0.15) is 10.5 Å². The molecule has 1 aromatic heterocycles. The van der Waals surface area contributed by atoms with Crippen molar-refractivity contribution in [3.8, 4) is 5.75 Å². The first-order chi connectivity index (χ1) is 10.6. The molecule has 6 N–H and O–H groups in total. The molecule has 2 rings (SSSR count). The second kappa shape index (κ2) is 6.21. The number of hydrogen-bond donors (Lipinski definition) is 5. The first-order valence-electron chi connectivity index (χ1n) is 6.20. The Morgan fingerprint density at radius 1 is 1.48 bits per heavy atom. The summed E-state index contributed by atoms with van der Waals surface area (Å²) in [6.45, 7) is 0. The van der Waals surface area contributed by atoms with E-state index in [9.17, 15) is 9.36 Å². The molecule has 0 saturated carbocycles. The van der Waals surface area contributed by atoms with Gasteiger partial charge >= 0.3 is 7.60 Å². The lowest BCUT2D eigenvalue weighted by molar-refractivity contribution is 0.0969. The average molecular weight is 361 g/mol.